The molecule has 1 atom stereocenters. The topological polar surface area (TPSA) is 141 Å². The molecule has 0 bridgehead atoms. The molecule has 1 aliphatic rings. The van der Waals surface area contributed by atoms with Crippen molar-refractivity contribution in [1.29, 1.82) is 0 Å². The van der Waals surface area contributed by atoms with Gasteiger partial charge in [0.15, 0.2) is 11.3 Å². The molecule has 1 saturated heterocycles. The van der Waals surface area contributed by atoms with Crippen LogP contribution >= 0.6 is 0 Å². The maximum Gasteiger partial charge on any atom is 0.253 e. The normalized spacial score (nSPS) is 15.4. The van der Waals surface area contributed by atoms with Gasteiger partial charge in [0.05, 0.1) is 11.3 Å². The highest BCUT2D eigenvalue weighted by molar-refractivity contribution is 5.97. The summed E-state index contributed by atoms with van der Waals surface area (Å²) in [6.45, 7) is 3.10. The van der Waals surface area contributed by atoms with Crippen LogP contribution in [-0.2, 0) is 11.4 Å². The average Bonchev–Trinajstić information content (AvgIpc) is 3.67. The van der Waals surface area contributed by atoms with Gasteiger partial charge in [0, 0.05) is 42.2 Å². The fraction of sp³-hybridized carbons (Fsp3) is 0.240. The smallest absolute Gasteiger partial charge is 0.253 e. The lowest BCUT2D eigenvalue weighted by atomic mass is 10.2. The Kier molecular flexibility index (Phi) is 5.68. The third-order valence-corrected chi connectivity index (χ3v) is 6.23. The van der Waals surface area contributed by atoms with Crippen LogP contribution in [0, 0.1) is 6.92 Å². The standard InChI is InChI=1S/C25H22N8O4/c1-15-10-21(31-37-15)23-29-28-22-19-4-2-3-5-20(19)25(30-33(22)23)36-13-18-7-6-16(11-26-18)24(35)27-17-8-9-32(12-17)14-34/h2-7,10-11,14,17H,8-9,12-13H2,1H3,(H,27,35). The molecule has 1 unspecified atom stereocenters. The lowest BCUT2D eigenvalue weighted by Crippen LogP contribution is -2.36. The number of hydrogen-bond acceptors (Lipinski definition) is 9. The summed E-state index contributed by atoms with van der Waals surface area (Å²) in [6, 6.07) is 12.8. The quantitative estimate of drug-likeness (QED) is 0.334. The molecule has 1 fully saturated rings. The van der Waals surface area contributed by atoms with Crippen molar-refractivity contribution in [3.63, 3.8) is 0 Å². The fourth-order valence-corrected chi connectivity index (χ4v) is 4.35. The van der Waals surface area contributed by atoms with E-state index in [9.17, 15) is 9.59 Å². The molecule has 4 aromatic heterocycles. The summed E-state index contributed by atoms with van der Waals surface area (Å²) >= 11 is 0. The van der Waals surface area contributed by atoms with Gasteiger partial charge in [-0.2, -0.15) is 4.52 Å². The van der Waals surface area contributed by atoms with Crippen molar-refractivity contribution in [3.05, 3.63) is 65.7 Å². The maximum atomic E-state index is 12.6. The van der Waals surface area contributed by atoms with Gasteiger partial charge in [-0.15, -0.1) is 15.3 Å². The van der Waals surface area contributed by atoms with E-state index in [0.29, 0.717) is 53.2 Å². The van der Waals surface area contributed by atoms with E-state index in [1.54, 1.807) is 34.5 Å². The molecular weight excluding hydrogens is 476 g/mol. The first-order chi connectivity index (χ1) is 18.1. The molecule has 0 aliphatic carbocycles. The van der Waals surface area contributed by atoms with Gasteiger partial charge in [0.1, 0.15) is 12.4 Å². The van der Waals surface area contributed by atoms with Gasteiger partial charge in [-0.3, -0.25) is 14.6 Å². The number of ether oxygens (including phenoxy) is 1. The number of nitrogens with one attached hydrogen (secondary N) is 1. The van der Waals surface area contributed by atoms with Gasteiger partial charge >= 0.3 is 0 Å². The SMILES string of the molecule is Cc1cc(-c2nnc3c4ccccc4c(OCc4ccc(C(=O)NC5CCN(C=O)C5)cn4)nn23)no1. The Bertz CT molecular complexity index is 1610. The number of aryl methyl sites for hydroxylation is 1. The van der Waals surface area contributed by atoms with Gasteiger partial charge in [0.2, 0.25) is 18.1 Å². The number of amides is 2. The second kappa shape index (κ2) is 9.30. The Morgan fingerprint density at radius 1 is 1.22 bits per heavy atom. The monoisotopic (exact) mass is 498 g/mol. The minimum atomic E-state index is -0.223. The summed E-state index contributed by atoms with van der Waals surface area (Å²) in [7, 11) is 0. The number of fused-ring (bicyclic) bond motifs is 3. The molecule has 1 N–H and O–H groups in total. The Hall–Kier alpha value is -4.87. The molecule has 2 amide bonds. The van der Waals surface area contributed by atoms with Crippen molar-refractivity contribution in [3.8, 4) is 17.4 Å². The highest BCUT2D eigenvalue weighted by Gasteiger charge is 2.23. The minimum absolute atomic E-state index is 0.0568. The predicted octanol–water partition coefficient (Wildman–Crippen LogP) is 2.18. The van der Waals surface area contributed by atoms with Crippen LogP contribution < -0.4 is 10.1 Å². The van der Waals surface area contributed by atoms with Gasteiger partial charge < -0.3 is 19.5 Å². The number of carbonyl (C=O) groups is 2. The fourth-order valence-electron chi connectivity index (χ4n) is 4.35. The number of rotatable bonds is 7. The molecule has 0 spiro atoms. The minimum Gasteiger partial charge on any atom is -0.470 e. The van der Waals surface area contributed by atoms with Crippen LogP contribution in [0.1, 0.15) is 28.2 Å². The maximum absolute atomic E-state index is 12.6. The zero-order valence-electron chi connectivity index (χ0n) is 19.9. The summed E-state index contributed by atoms with van der Waals surface area (Å²) in [5.41, 5.74) is 2.17. The molecule has 12 nitrogen and oxygen atoms in total. The van der Waals surface area contributed by atoms with Crippen LogP contribution in [0.3, 0.4) is 0 Å². The Labute approximate surface area is 210 Å². The second-order valence-corrected chi connectivity index (χ2v) is 8.82. The van der Waals surface area contributed by atoms with Crippen LogP contribution in [0.15, 0.2) is 53.2 Å². The van der Waals surface area contributed by atoms with Crippen molar-refractivity contribution in [2.24, 2.45) is 0 Å². The van der Waals surface area contributed by atoms with E-state index in [0.717, 1.165) is 23.6 Å². The molecular formula is C25H22N8O4. The van der Waals surface area contributed by atoms with Crippen molar-refractivity contribution >= 4 is 28.7 Å². The molecule has 1 aliphatic heterocycles. The highest BCUT2D eigenvalue weighted by atomic mass is 16.5. The van der Waals surface area contributed by atoms with Crippen LogP contribution in [0.4, 0.5) is 0 Å². The Morgan fingerprint density at radius 3 is 2.81 bits per heavy atom. The first kappa shape index (κ1) is 22.6. The molecule has 0 radical (unpaired) electrons. The van der Waals surface area contributed by atoms with E-state index in [2.05, 4.69) is 30.8 Å². The van der Waals surface area contributed by atoms with Crippen LogP contribution in [0.2, 0.25) is 0 Å². The molecule has 37 heavy (non-hydrogen) atoms. The first-order valence-electron chi connectivity index (χ1n) is 11.7. The average molecular weight is 499 g/mol. The zero-order valence-corrected chi connectivity index (χ0v) is 19.9. The number of hydrogen-bond donors (Lipinski definition) is 1. The summed E-state index contributed by atoms with van der Waals surface area (Å²) in [6.07, 6.45) is 3.05. The largest absolute Gasteiger partial charge is 0.470 e. The summed E-state index contributed by atoms with van der Waals surface area (Å²) in [5, 5.41) is 21.8. The van der Waals surface area contributed by atoms with Gasteiger partial charge in [-0.05, 0) is 31.5 Å². The number of aromatic nitrogens is 6. The first-order valence-corrected chi connectivity index (χ1v) is 11.7. The number of benzene rings is 1. The van der Waals surface area contributed by atoms with Crippen molar-refractivity contribution in [1.82, 2.24) is 40.2 Å². The highest BCUT2D eigenvalue weighted by Crippen LogP contribution is 2.29. The van der Waals surface area contributed by atoms with Crippen LogP contribution in [-0.4, -0.2) is 66.3 Å². The molecule has 6 rings (SSSR count). The zero-order chi connectivity index (χ0) is 25.4. The van der Waals surface area contributed by atoms with Crippen molar-refractivity contribution < 1.29 is 18.8 Å². The third kappa shape index (κ3) is 4.33. The second-order valence-electron chi connectivity index (χ2n) is 8.82. The molecule has 12 heteroatoms. The number of likely N-dealkylation sites (tertiary alicyclic amines) is 1. The van der Waals surface area contributed by atoms with Gasteiger partial charge in [-0.1, -0.05) is 23.4 Å². The number of pyridine rings is 1. The van der Waals surface area contributed by atoms with Crippen LogP contribution in [0.25, 0.3) is 27.9 Å². The molecule has 186 valence electrons. The van der Waals surface area contributed by atoms with Crippen molar-refractivity contribution in [2.45, 2.75) is 26.0 Å². The summed E-state index contributed by atoms with van der Waals surface area (Å²) in [4.78, 5) is 29.5. The van der Waals surface area contributed by atoms with E-state index in [1.807, 2.05) is 24.3 Å². The Balaban J connectivity index is 1.22. The predicted molar refractivity (Wildman–Crippen MR) is 131 cm³/mol. The van der Waals surface area contributed by atoms with Crippen LogP contribution in [0.5, 0.6) is 5.88 Å². The van der Waals surface area contributed by atoms with Crippen molar-refractivity contribution in [2.75, 3.05) is 13.1 Å². The molecule has 1 aromatic carbocycles. The van der Waals surface area contributed by atoms with E-state index < -0.39 is 0 Å². The third-order valence-electron chi connectivity index (χ3n) is 6.23. The molecule has 0 saturated carbocycles. The summed E-state index contributed by atoms with van der Waals surface area (Å²) in [5.74, 6) is 1.25. The lowest BCUT2D eigenvalue weighted by Gasteiger charge is -2.13. The summed E-state index contributed by atoms with van der Waals surface area (Å²) < 4.78 is 12.9. The number of nitrogens with zero attached hydrogens (tertiary/aromatic N) is 7. The van der Waals surface area contributed by atoms with E-state index >= 15 is 0 Å². The Morgan fingerprint density at radius 2 is 2.08 bits per heavy atom. The molecule has 5 aromatic rings. The van der Waals surface area contributed by atoms with Gasteiger partial charge in [0.25, 0.3) is 5.91 Å². The van der Waals surface area contributed by atoms with E-state index in [1.165, 1.54) is 6.20 Å². The molecule has 5 heterocycles. The lowest BCUT2D eigenvalue weighted by molar-refractivity contribution is -0.117. The van der Waals surface area contributed by atoms with E-state index in [4.69, 9.17) is 9.26 Å². The van der Waals surface area contributed by atoms with Gasteiger partial charge in [-0.25, -0.2) is 0 Å². The number of carbonyl (C=O) groups excluding carboxylic acids is 2. The van der Waals surface area contributed by atoms with E-state index in [-0.39, 0.29) is 18.6 Å².